The third-order valence-electron chi connectivity index (χ3n) is 5.49. The van der Waals surface area contributed by atoms with E-state index >= 15 is 0 Å². The van der Waals surface area contributed by atoms with Crippen LogP contribution in [-0.4, -0.2) is 67.1 Å². The average Bonchev–Trinajstić information content (AvgIpc) is 3.62. The van der Waals surface area contributed by atoms with Crippen LogP contribution < -0.4 is 43.2 Å². The Bertz CT molecular complexity index is 1170. The molecule has 0 spiro atoms. The van der Waals surface area contributed by atoms with Crippen LogP contribution >= 0.6 is 0 Å². The molecule has 2 aliphatic heterocycles. The molecule has 12 nitrogen and oxygen atoms in total. The Labute approximate surface area is 218 Å². The number of fused-ring (bicyclic) bond motifs is 2. The Balaban J connectivity index is 1.29. The zero-order valence-electron chi connectivity index (χ0n) is 21.3. The van der Waals surface area contributed by atoms with Gasteiger partial charge in [0, 0.05) is 23.3 Å². The van der Waals surface area contributed by atoms with E-state index < -0.39 is 11.9 Å². The number of benzene rings is 2. The maximum Gasteiger partial charge on any atom is 0.330 e. The van der Waals surface area contributed by atoms with E-state index in [1.54, 1.807) is 18.2 Å². The highest BCUT2D eigenvalue weighted by atomic mass is 16.7. The molecule has 4 rings (SSSR count). The van der Waals surface area contributed by atoms with Crippen LogP contribution in [0.1, 0.15) is 11.1 Å². The first kappa shape index (κ1) is 26.3. The molecule has 0 fully saturated rings. The van der Waals surface area contributed by atoms with E-state index in [-0.39, 0.29) is 26.7 Å². The van der Waals surface area contributed by atoms with Gasteiger partial charge in [-0.2, -0.15) is 0 Å². The fourth-order valence-electron chi connectivity index (χ4n) is 3.80. The lowest BCUT2D eigenvalue weighted by Crippen LogP contribution is -2.26. The summed E-state index contributed by atoms with van der Waals surface area (Å²) in [6.45, 7) is 0.148. The van der Waals surface area contributed by atoms with E-state index in [2.05, 4.69) is 5.32 Å². The summed E-state index contributed by atoms with van der Waals surface area (Å²) < 4.78 is 48.4. The molecule has 2 aliphatic rings. The zero-order chi connectivity index (χ0) is 27.1. The van der Waals surface area contributed by atoms with Crippen molar-refractivity contribution in [1.29, 1.82) is 0 Å². The largest absolute Gasteiger partial charge is 0.493 e. The predicted octanol–water partition coefficient (Wildman–Crippen LogP) is 2.56. The Morgan fingerprint density at radius 2 is 1.26 bits per heavy atom. The van der Waals surface area contributed by atoms with Gasteiger partial charge in [0.05, 0.1) is 35.0 Å². The van der Waals surface area contributed by atoms with Crippen LogP contribution in [0, 0.1) is 0 Å². The van der Waals surface area contributed by atoms with E-state index in [9.17, 15) is 9.59 Å². The van der Waals surface area contributed by atoms with Crippen molar-refractivity contribution in [2.45, 2.75) is 0 Å². The summed E-state index contributed by atoms with van der Waals surface area (Å²) in [6.07, 6.45) is 5.63. The molecule has 12 heteroatoms. The molecule has 1 N–H and O–H groups in total. The number of ether oxygens (including phenoxy) is 9. The third-order valence-corrected chi connectivity index (χ3v) is 5.49. The maximum atomic E-state index is 12.3. The first-order valence-electron chi connectivity index (χ1n) is 11.4. The summed E-state index contributed by atoms with van der Waals surface area (Å²) in [7, 11) is 5.97. The minimum absolute atomic E-state index is 0.0362. The molecule has 0 bridgehead atoms. The minimum Gasteiger partial charge on any atom is -0.493 e. The van der Waals surface area contributed by atoms with Crippen molar-refractivity contribution < 1.29 is 52.2 Å². The Morgan fingerprint density at radius 3 is 1.76 bits per heavy atom. The van der Waals surface area contributed by atoms with E-state index in [0.29, 0.717) is 57.1 Å². The van der Waals surface area contributed by atoms with E-state index in [1.165, 1.54) is 46.7 Å². The molecule has 2 aromatic rings. The quantitative estimate of drug-likeness (QED) is 0.262. The van der Waals surface area contributed by atoms with Crippen LogP contribution in [0.2, 0.25) is 0 Å². The van der Waals surface area contributed by atoms with Crippen molar-refractivity contribution in [3.63, 3.8) is 0 Å². The first-order valence-corrected chi connectivity index (χ1v) is 11.4. The molecule has 0 atom stereocenters. The summed E-state index contributed by atoms with van der Waals surface area (Å²) >= 11 is 0. The Hall–Kier alpha value is -4.74. The lowest BCUT2D eigenvalue weighted by Gasteiger charge is -2.11. The van der Waals surface area contributed by atoms with E-state index in [4.69, 9.17) is 42.6 Å². The fourth-order valence-corrected chi connectivity index (χ4v) is 3.80. The van der Waals surface area contributed by atoms with E-state index in [1.807, 2.05) is 0 Å². The van der Waals surface area contributed by atoms with Crippen LogP contribution in [0.15, 0.2) is 24.3 Å². The normalized spacial score (nSPS) is 13.1. The highest BCUT2D eigenvalue weighted by Gasteiger charge is 2.27. The van der Waals surface area contributed by atoms with E-state index in [0.717, 1.165) is 0 Å². The van der Waals surface area contributed by atoms with Crippen LogP contribution in [0.4, 0.5) is 0 Å². The molecule has 0 aromatic heterocycles. The van der Waals surface area contributed by atoms with Gasteiger partial charge in [-0.25, -0.2) is 4.79 Å². The van der Waals surface area contributed by atoms with Crippen LogP contribution in [0.25, 0.3) is 12.2 Å². The number of carbonyl (C=O) groups is 2. The number of amides is 1. The second-order valence-electron chi connectivity index (χ2n) is 7.66. The molecular formula is C26H27NO11. The number of esters is 1. The molecule has 0 radical (unpaired) electrons. The molecule has 2 heterocycles. The molecule has 0 unspecified atom stereocenters. The van der Waals surface area contributed by atoms with Gasteiger partial charge in [-0.1, -0.05) is 0 Å². The molecule has 202 valence electrons. The fraction of sp³-hybridized carbons (Fsp3) is 0.308. The van der Waals surface area contributed by atoms with Gasteiger partial charge in [-0.15, -0.1) is 0 Å². The van der Waals surface area contributed by atoms with Crippen molar-refractivity contribution in [2.24, 2.45) is 0 Å². The van der Waals surface area contributed by atoms with Crippen molar-refractivity contribution in [3.8, 4) is 46.0 Å². The van der Waals surface area contributed by atoms with Gasteiger partial charge in [0.15, 0.2) is 23.0 Å². The molecule has 0 saturated carbocycles. The van der Waals surface area contributed by atoms with Crippen molar-refractivity contribution in [1.82, 2.24) is 5.32 Å². The molecular weight excluding hydrogens is 502 g/mol. The topological polar surface area (TPSA) is 129 Å². The maximum absolute atomic E-state index is 12.3. The smallest absolute Gasteiger partial charge is 0.330 e. The van der Waals surface area contributed by atoms with Crippen molar-refractivity contribution in [3.05, 3.63) is 35.4 Å². The van der Waals surface area contributed by atoms with Gasteiger partial charge < -0.3 is 47.9 Å². The van der Waals surface area contributed by atoms with Crippen LogP contribution in [0.3, 0.4) is 0 Å². The molecule has 2 aromatic carbocycles. The summed E-state index contributed by atoms with van der Waals surface area (Å²) in [5, 5.41) is 2.64. The van der Waals surface area contributed by atoms with Crippen LogP contribution in [0.5, 0.6) is 46.0 Å². The lowest BCUT2D eigenvalue weighted by atomic mass is 10.1. The second kappa shape index (κ2) is 12.0. The third kappa shape index (κ3) is 5.48. The summed E-state index contributed by atoms with van der Waals surface area (Å²) in [6, 6.07) is 3.34. The molecule has 0 saturated heterocycles. The second-order valence-corrected chi connectivity index (χ2v) is 7.66. The molecule has 1 amide bonds. The number of methoxy groups -OCH3 is 4. The summed E-state index contributed by atoms with van der Waals surface area (Å²) in [4.78, 5) is 24.4. The van der Waals surface area contributed by atoms with Gasteiger partial charge in [-0.05, 0) is 24.3 Å². The number of rotatable bonds is 11. The minimum atomic E-state index is -0.606. The number of hydrogen-bond donors (Lipinski definition) is 1. The molecule has 0 aliphatic carbocycles. The van der Waals surface area contributed by atoms with Gasteiger partial charge in [0.25, 0.3) is 0 Å². The standard InChI is InChI=1S/C26H27NO11/c1-30-17-11-15(21(32-3)25-23(17)35-13-37-25)5-7-19(28)27-9-10-34-20(29)8-6-16-12-18(31-2)24-26(22(16)33-4)38-14-36-24/h5-8,11-12H,9-10,13-14H2,1-4H3,(H,27,28). The Kier molecular flexibility index (Phi) is 8.31. The number of nitrogens with one attached hydrogen (secondary N) is 1. The molecule has 38 heavy (non-hydrogen) atoms. The first-order chi connectivity index (χ1) is 18.5. The summed E-state index contributed by atoms with van der Waals surface area (Å²) in [5.41, 5.74) is 1.11. The van der Waals surface area contributed by atoms with Crippen molar-refractivity contribution >= 4 is 24.0 Å². The van der Waals surface area contributed by atoms with Crippen LogP contribution in [-0.2, 0) is 14.3 Å². The SMILES string of the molecule is COc1cc(C=CC(=O)NCCOC(=O)C=Cc2cc(OC)c3c(c2OC)OCO3)c(OC)c2c1OCO2. The highest BCUT2D eigenvalue weighted by molar-refractivity contribution is 5.93. The van der Waals surface area contributed by atoms with Gasteiger partial charge >= 0.3 is 5.97 Å². The lowest BCUT2D eigenvalue weighted by molar-refractivity contribution is -0.137. The highest BCUT2D eigenvalue weighted by Crippen LogP contribution is 2.50. The van der Waals surface area contributed by atoms with Gasteiger partial charge in [0.2, 0.25) is 42.5 Å². The summed E-state index contributed by atoms with van der Waals surface area (Å²) in [5.74, 6) is 2.39. The average molecular weight is 529 g/mol. The predicted molar refractivity (Wildman–Crippen MR) is 133 cm³/mol. The monoisotopic (exact) mass is 529 g/mol. The zero-order valence-corrected chi connectivity index (χ0v) is 21.3. The van der Waals surface area contributed by atoms with Gasteiger partial charge in [0.1, 0.15) is 6.61 Å². The number of carbonyl (C=O) groups excluding carboxylic acids is 2. The number of hydrogen-bond acceptors (Lipinski definition) is 11. The van der Waals surface area contributed by atoms with Gasteiger partial charge in [-0.3, -0.25) is 4.79 Å². The Morgan fingerprint density at radius 1 is 0.763 bits per heavy atom. The van der Waals surface area contributed by atoms with Crippen molar-refractivity contribution in [2.75, 3.05) is 55.2 Å².